The zero-order valence-electron chi connectivity index (χ0n) is 24.7. The second-order valence-corrected chi connectivity index (χ2v) is 12.6. The van der Waals surface area contributed by atoms with Crippen molar-refractivity contribution in [2.45, 2.75) is 99.6 Å². The number of carbonyl (C=O) groups excluding carboxylic acids is 2. The third-order valence-electron chi connectivity index (χ3n) is 6.70. The number of carbonyl (C=O) groups is 2. The first kappa shape index (κ1) is 34.5. The molecule has 0 saturated carbocycles. The van der Waals surface area contributed by atoms with Gasteiger partial charge in [0.2, 0.25) is 0 Å². The molecule has 0 aromatic heterocycles. The molecule has 1 unspecified atom stereocenters. The molecule has 8 heteroatoms. The Morgan fingerprint density at radius 1 is 0.769 bits per heavy atom. The summed E-state index contributed by atoms with van der Waals surface area (Å²) in [7, 11) is 0. The first-order valence-corrected chi connectivity index (χ1v) is 13.7. The molecule has 0 fully saturated rings. The van der Waals surface area contributed by atoms with Crippen molar-refractivity contribution in [3.05, 3.63) is 35.9 Å². The monoisotopic (exact) mass is 556 g/mol. The summed E-state index contributed by atoms with van der Waals surface area (Å²) < 4.78 is 51.7. The maximum atomic E-state index is 13.0. The van der Waals surface area contributed by atoms with E-state index in [0.717, 1.165) is 51.0 Å². The lowest BCUT2D eigenvalue weighted by molar-refractivity contribution is -0.182. The summed E-state index contributed by atoms with van der Waals surface area (Å²) >= 11 is 0. The molecule has 222 valence electrons. The molecule has 1 aromatic carbocycles. The number of benzene rings is 1. The van der Waals surface area contributed by atoms with Gasteiger partial charge >= 0.3 is 18.1 Å². The van der Waals surface area contributed by atoms with Gasteiger partial charge in [0.05, 0.1) is 18.6 Å². The number of hydrogen-bond acceptors (Lipinski definition) is 5. The molecule has 1 atom stereocenters. The van der Waals surface area contributed by atoms with E-state index in [-0.39, 0.29) is 16.8 Å². The van der Waals surface area contributed by atoms with Gasteiger partial charge in [-0.1, -0.05) is 79.4 Å². The summed E-state index contributed by atoms with van der Waals surface area (Å²) in [6.07, 6.45) is 4.55. The summed E-state index contributed by atoms with van der Waals surface area (Å²) in [5.74, 6) is -0.467. The van der Waals surface area contributed by atoms with E-state index in [1.54, 1.807) is 24.3 Å². The molecular formula is C31H47F3O5. The van der Waals surface area contributed by atoms with Crippen molar-refractivity contribution < 1.29 is 37.0 Å². The molecular weight excluding hydrogens is 509 g/mol. The van der Waals surface area contributed by atoms with E-state index < -0.39 is 24.2 Å². The quantitative estimate of drug-likeness (QED) is 0.123. The maximum Gasteiger partial charge on any atom is 0.422 e. The van der Waals surface area contributed by atoms with Crippen LogP contribution < -0.4 is 4.74 Å². The van der Waals surface area contributed by atoms with Gasteiger partial charge in [-0.3, -0.25) is 4.79 Å². The highest BCUT2D eigenvalue weighted by molar-refractivity contribution is 5.87. The zero-order chi connectivity index (χ0) is 29.7. The van der Waals surface area contributed by atoms with Gasteiger partial charge in [-0.15, -0.1) is 0 Å². The van der Waals surface area contributed by atoms with Gasteiger partial charge in [-0.05, 0) is 60.8 Å². The number of esters is 2. The lowest BCUT2D eigenvalue weighted by atomic mass is 9.61. The van der Waals surface area contributed by atoms with E-state index in [9.17, 15) is 22.8 Å². The highest BCUT2D eigenvalue weighted by Gasteiger charge is 2.47. The number of ether oxygens (including phenoxy) is 3. The Kier molecular flexibility index (Phi) is 13.6. The van der Waals surface area contributed by atoms with E-state index >= 15 is 0 Å². The van der Waals surface area contributed by atoms with Crippen LogP contribution in [0.1, 0.15) is 99.0 Å². The summed E-state index contributed by atoms with van der Waals surface area (Å²) in [5.41, 5.74) is -0.0330. The SMILES string of the molecule is CC(C)(C)CC(C)(C(=O)OCCCCCCCCOc1ccc(/C=C/C(=O)OCC(F)(F)F)cc1)C(C)(C)C. The van der Waals surface area contributed by atoms with Crippen molar-refractivity contribution in [3.8, 4) is 5.75 Å². The molecule has 0 heterocycles. The molecule has 0 saturated heterocycles. The predicted molar refractivity (Wildman–Crippen MR) is 148 cm³/mol. The second kappa shape index (κ2) is 15.3. The van der Waals surface area contributed by atoms with Crippen LogP contribution in [0, 0.1) is 16.2 Å². The molecule has 0 spiro atoms. The number of hydrogen-bond donors (Lipinski definition) is 0. The van der Waals surface area contributed by atoms with Crippen molar-refractivity contribution in [2.24, 2.45) is 16.2 Å². The van der Waals surface area contributed by atoms with Crippen molar-refractivity contribution >= 4 is 18.0 Å². The highest BCUT2D eigenvalue weighted by Crippen LogP contribution is 2.47. The van der Waals surface area contributed by atoms with Crippen LogP contribution in [0.5, 0.6) is 5.75 Å². The number of halogens is 3. The Morgan fingerprint density at radius 2 is 1.31 bits per heavy atom. The van der Waals surface area contributed by atoms with Crippen molar-refractivity contribution in [2.75, 3.05) is 19.8 Å². The first-order chi connectivity index (χ1) is 17.9. The Morgan fingerprint density at radius 3 is 1.82 bits per heavy atom. The largest absolute Gasteiger partial charge is 0.494 e. The Labute approximate surface area is 232 Å². The second-order valence-electron chi connectivity index (χ2n) is 12.6. The number of rotatable bonds is 15. The van der Waals surface area contributed by atoms with Gasteiger partial charge < -0.3 is 14.2 Å². The van der Waals surface area contributed by atoms with E-state index in [1.807, 2.05) is 6.92 Å². The molecule has 0 aliphatic heterocycles. The molecule has 1 aromatic rings. The van der Waals surface area contributed by atoms with Gasteiger partial charge in [0, 0.05) is 6.08 Å². The molecule has 1 rings (SSSR count). The molecule has 0 amide bonds. The van der Waals surface area contributed by atoms with Gasteiger partial charge in [0.15, 0.2) is 6.61 Å². The predicted octanol–water partition coefficient (Wildman–Crippen LogP) is 8.56. The first-order valence-electron chi connectivity index (χ1n) is 13.7. The van der Waals surface area contributed by atoms with Crippen molar-refractivity contribution in [3.63, 3.8) is 0 Å². The summed E-state index contributed by atoms with van der Waals surface area (Å²) in [6.45, 7) is 14.2. The van der Waals surface area contributed by atoms with Crippen LogP contribution in [0.2, 0.25) is 0 Å². The van der Waals surface area contributed by atoms with Crippen molar-refractivity contribution in [1.29, 1.82) is 0 Å². The van der Waals surface area contributed by atoms with Crippen LogP contribution in [0.4, 0.5) is 13.2 Å². The lowest BCUT2D eigenvalue weighted by Crippen LogP contribution is -2.44. The normalized spacial score (nSPS) is 14.2. The minimum Gasteiger partial charge on any atom is -0.494 e. The van der Waals surface area contributed by atoms with Crippen LogP contribution >= 0.6 is 0 Å². The van der Waals surface area contributed by atoms with Gasteiger partial charge in [-0.25, -0.2) is 4.79 Å². The average molecular weight is 557 g/mol. The molecule has 0 bridgehead atoms. The van der Waals surface area contributed by atoms with E-state index in [1.165, 1.54) is 6.08 Å². The Balaban J connectivity index is 2.21. The molecule has 0 aliphatic rings. The van der Waals surface area contributed by atoms with E-state index in [0.29, 0.717) is 24.5 Å². The van der Waals surface area contributed by atoms with Gasteiger partial charge in [0.1, 0.15) is 5.75 Å². The summed E-state index contributed by atoms with van der Waals surface area (Å²) in [5, 5.41) is 0. The average Bonchev–Trinajstić information content (AvgIpc) is 2.80. The standard InChI is InChI=1S/C31H47F3O5/c1-28(2,3)22-30(7,29(4,5)6)27(36)38-21-13-11-9-8-10-12-20-37-25-17-14-24(15-18-25)16-19-26(35)39-23-31(32,33)34/h14-19H,8-13,20-23H2,1-7H3/b19-16+. The fourth-order valence-corrected chi connectivity index (χ4v) is 4.17. The van der Waals surface area contributed by atoms with Crippen LogP contribution in [-0.4, -0.2) is 37.9 Å². The minimum absolute atomic E-state index is 0.0353. The van der Waals surface area contributed by atoms with Crippen LogP contribution in [0.25, 0.3) is 6.08 Å². The van der Waals surface area contributed by atoms with E-state index in [2.05, 4.69) is 46.3 Å². The molecule has 39 heavy (non-hydrogen) atoms. The number of alkyl halides is 3. The molecule has 0 radical (unpaired) electrons. The zero-order valence-corrected chi connectivity index (χ0v) is 24.7. The van der Waals surface area contributed by atoms with E-state index in [4.69, 9.17) is 9.47 Å². The topological polar surface area (TPSA) is 61.8 Å². The fraction of sp³-hybridized carbons (Fsp3) is 0.677. The van der Waals surface area contributed by atoms with Crippen LogP contribution in [-0.2, 0) is 19.1 Å². The summed E-state index contributed by atoms with van der Waals surface area (Å²) in [6, 6.07) is 6.91. The third-order valence-corrected chi connectivity index (χ3v) is 6.70. The smallest absolute Gasteiger partial charge is 0.422 e. The lowest BCUT2D eigenvalue weighted by Gasteiger charge is -2.43. The highest BCUT2D eigenvalue weighted by atomic mass is 19.4. The maximum absolute atomic E-state index is 13.0. The summed E-state index contributed by atoms with van der Waals surface area (Å²) in [4.78, 5) is 24.3. The molecule has 0 N–H and O–H groups in total. The molecule has 0 aliphatic carbocycles. The third kappa shape index (κ3) is 14.4. The van der Waals surface area contributed by atoms with Crippen LogP contribution in [0.15, 0.2) is 30.3 Å². The Hall–Kier alpha value is -2.51. The minimum atomic E-state index is -4.54. The number of unbranched alkanes of at least 4 members (excludes halogenated alkanes) is 5. The fourth-order valence-electron chi connectivity index (χ4n) is 4.17. The van der Waals surface area contributed by atoms with Gasteiger partial charge in [0.25, 0.3) is 0 Å². The van der Waals surface area contributed by atoms with Gasteiger partial charge in [-0.2, -0.15) is 13.2 Å². The Bertz CT molecular complexity index is 908. The molecule has 5 nitrogen and oxygen atoms in total. The van der Waals surface area contributed by atoms with Crippen molar-refractivity contribution in [1.82, 2.24) is 0 Å². The van der Waals surface area contributed by atoms with Crippen LogP contribution in [0.3, 0.4) is 0 Å².